The molecule has 0 radical (unpaired) electrons. The van der Waals surface area contributed by atoms with Gasteiger partial charge in [0.2, 0.25) is 11.8 Å². The van der Waals surface area contributed by atoms with Crippen molar-refractivity contribution >= 4 is 46.4 Å². The number of carbonyl (C=O) groups is 2. The minimum Gasteiger partial charge on any atom is -0.325 e. The van der Waals surface area contributed by atoms with E-state index in [2.05, 4.69) is 10.6 Å². The van der Waals surface area contributed by atoms with Crippen molar-refractivity contribution in [1.82, 2.24) is 0 Å². The standard InChI is InChI=1S/C17H12Cl2F2N2O2/c18-10-5-4-9(8-11(10)19)22-15(24)17(6-7-17)16(25)23-14-12(20)2-1-3-13(14)21/h1-5,8H,6-7H2,(H,22,24)(H,23,25). The van der Waals surface area contributed by atoms with Crippen LogP contribution in [0.2, 0.25) is 10.0 Å². The first-order valence-corrected chi connectivity index (χ1v) is 8.11. The summed E-state index contributed by atoms with van der Waals surface area (Å²) in [7, 11) is 0. The minimum absolute atomic E-state index is 0.252. The zero-order chi connectivity index (χ0) is 18.2. The van der Waals surface area contributed by atoms with Crippen LogP contribution in [0.5, 0.6) is 0 Å². The number of amides is 2. The van der Waals surface area contributed by atoms with Gasteiger partial charge in [0, 0.05) is 5.69 Å². The molecular formula is C17H12Cl2F2N2O2. The van der Waals surface area contributed by atoms with Gasteiger partial charge >= 0.3 is 0 Å². The summed E-state index contributed by atoms with van der Waals surface area (Å²) in [5, 5.41) is 5.33. The third-order valence-corrected chi connectivity index (χ3v) is 4.74. The van der Waals surface area contributed by atoms with Crippen molar-refractivity contribution in [2.75, 3.05) is 10.6 Å². The molecule has 0 bridgehead atoms. The summed E-state index contributed by atoms with van der Waals surface area (Å²) in [6.07, 6.45) is 0.560. The Morgan fingerprint density at radius 1 is 0.920 bits per heavy atom. The highest BCUT2D eigenvalue weighted by molar-refractivity contribution is 6.42. The Hall–Kier alpha value is -2.18. The van der Waals surface area contributed by atoms with Gasteiger partial charge in [0.05, 0.1) is 10.0 Å². The van der Waals surface area contributed by atoms with Crippen LogP contribution in [0.15, 0.2) is 36.4 Å². The Balaban J connectivity index is 1.76. The van der Waals surface area contributed by atoms with Crippen LogP contribution in [-0.4, -0.2) is 11.8 Å². The Labute approximate surface area is 152 Å². The van der Waals surface area contributed by atoms with Gasteiger partial charge in [0.15, 0.2) is 0 Å². The van der Waals surface area contributed by atoms with E-state index in [9.17, 15) is 18.4 Å². The molecule has 3 rings (SSSR count). The Morgan fingerprint density at radius 2 is 1.52 bits per heavy atom. The van der Waals surface area contributed by atoms with Crippen LogP contribution in [0.1, 0.15) is 12.8 Å². The molecule has 0 heterocycles. The van der Waals surface area contributed by atoms with Gasteiger partial charge < -0.3 is 10.6 Å². The van der Waals surface area contributed by atoms with Gasteiger partial charge in [-0.15, -0.1) is 0 Å². The molecule has 0 aliphatic heterocycles. The van der Waals surface area contributed by atoms with Gasteiger partial charge in [0.1, 0.15) is 22.7 Å². The van der Waals surface area contributed by atoms with Crippen molar-refractivity contribution in [3.8, 4) is 0 Å². The first-order chi connectivity index (χ1) is 11.8. The van der Waals surface area contributed by atoms with E-state index in [-0.39, 0.29) is 17.9 Å². The van der Waals surface area contributed by atoms with Crippen LogP contribution in [0.25, 0.3) is 0 Å². The van der Waals surface area contributed by atoms with Gasteiger partial charge in [0.25, 0.3) is 0 Å². The SMILES string of the molecule is O=C(Nc1ccc(Cl)c(Cl)c1)C1(C(=O)Nc2c(F)cccc2F)CC1. The molecule has 1 saturated carbocycles. The second-order valence-electron chi connectivity index (χ2n) is 5.72. The maximum atomic E-state index is 13.7. The molecule has 130 valence electrons. The second kappa shape index (κ2) is 6.61. The monoisotopic (exact) mass is 384 g/mol. The van der Waals surface area contributed by atoms with Gasteiger partial charge in [-0.05, 0) is 43.2 Å². The average Bonchev–Trinajstić information content (AvgIpc) is 3.36. The number of hydrogen-bond donors (Lipinski definition) is 2. The first kappa shape index (κ1) is 17.6. The predicted molar refractivity (Wildman–Crippen MR) is 91.7 cm³/mol. The number of anilines is 2. The minimum atomic E-state index is -1.36. The smallest absolute Gasteiger partial charge is 0.240 e. The van der Waals surface area contributed by atoms with Crippen molar-refractivity contribution in [3.05, 3.63) is 58.1 Å². The van der Waals surface area contributed by atoms with Crippen LogP contribution in [0, 0.1) is 17.0 Å². The third-order valence-electron chi connectivity index (χ3n) is 4.00. The van der Waals surface area contributed by atoms with E-state index in [0.717, 1.165) is 12.1 Å². The second-order valence-corrected chi connectivity index (χ2v) is 6.53. The van der Waals surface area contributed by atoms with Crippen LogP contribution < -0.4 is 10.6 Å². The van der Waals surface area contributed by atoms with Gasteiger partial charge in [-0.25, -0.2) is 8.78 Å². The van der Waals surface area contributed by atoms with Gasteiger partial charge in [-0.2, -0.15) is 0 Å². The predicted octanol–water partition coefficient (Wildman–Crippen LogP) is 4.63. The van der Waals surface area contributed by atoms with Crippen LogP contribution in [0.4, 0.5) is 20.2 Å². The zero-order valence-corrected chi connectivity index (χ0v) is 14.2. The lowest BCUT2D eigenvalue weighted by Gasteiger charge is -2.16. The van der Waals surface area contributed by atoms with Gasteiger partial charge in [-0.3, -0.25) is 9.59 Å². The number of hydrogen-bond acceptors (Lipinski definition) is 2. The van der Waals surface area contributed by atoms with Crippen LogP contribution in [0.3, 0.4) is 0 Å². The molecule has 2 aromatic carbocycles. The summed E-state index contributed by atoms with van der Waals surface area (Å²) < 4.78 is 27.3. The molecule has 1 aliphatic rings. The summed E-state index contributed by atoms with van der Waals surface area (Å²) in [6.45, 7) is 0. The van der Waals surface area contributed by atoms with Crippen molar-refractivity contribution in [1.29, 1.82) is 0 Å². The Kier molecular flexibility index (Phi) is 4.67. The zero-order valence-electron chi connectivity index (χ0n) is 12.7. The lowest BCUT2D eigenvalue weighted by atomic mass is 10.0. The highest BCUT2D eigenvalue weighted by Crippen LogP contribution is 2.47. The average molecular weight is 385 g/mol. The van der Waals surface area contributed by atoms with E-state index < -0.39 is 34.6 Å². The molecule has 8 heteroatoms. The largest absolute Gasteiger partial charge is 0.325 e. The van der Waals surface area contributed by atoms with Crippen LogP contribution >= 0.6 is 23.2 Å². The normalized spacial score (nSPS) is 14.7. The maximum Gasteiger partial charge on any atom is 0.240 e. The number of benzene rings is 2. The highest BCUT2D eigenvalue weighted by Gasteiger charge is 2.56. The fraction of sp³-hybridized carbons (Fsp3) is 0.176. The third kappa shape index (κ3) is 3.45. The van der Waals surface area contributed by atoms with E-state index in [4.69, 9.17) is 23.2 Å². The summed E-state index contributed by atoms with van der Waals surface area (Å²) in [5.41, 5.74) is -1.56. The number of halogens is 4. The summed E-state index contributed by atoms with van der Waals surface area (Å²) in [4.78, 5) is 24.9. The molecule has 2 amide bonds. The molecule has 4 nitrogen and oxygen atoms in total. The molecule has 0 unspecified atom stereocenters. The lowest BCUT2D eigenvalue weighted by molar-refractivity contribution is -0.131. The molecule has 0 spiro atoms. The molecule has 25 heavy (non-hydrogen) atoms. The number of nitrogens with one attached hydrogen (secondary N) is 2. The fourth-order valence-electron chi connectivity index (χ4n) is 2.36. The Bertz CT molecular complexity index is 849. The quantitative estimate of drug-likeness (QED) is 0.755. The van der Waals surface area contributed by atoms with E-state index >= 15 is 0 Å². The van der Waals surface area contributed by atoms with E-state index in [0.29, 0.717) is 10.7 Å². The molecule has 2 N–H and O–H groups in total. The number of carbonyl (C=O) groups excluding carboxylic acids is 2. The van der Waals surface area contributed by atoms with Gasteiger partial charge in [-0.1, -0.05) is 29.3 Å². The summed E-state index contributed by atoms with van der Waals surface area (Å²) in [5.74, 6) is -3.14. The van der Waals surface area contributed by atoms with Crippen molar-refractivity contribution in [2.24, 2.45) is 5.41 Å². The summed E-state index contributed by atoms with van der Waals surface area (Å²) in [6, 6.07) is 7.73. The molecule has 2 aromatic rings. The molecular weight excluding hydrogens is 373 g/mol. The maximum absolute atomic E-state index is 13.7. The number of para-hydroxylation sites is 1. The summed E-state index contributed by atoms with van der Waals surface area (Å²) >= 11 is 11.7. The molecule has 0 atom stereocenters. The van der Waals surface area contributed by atoms with Crippen LogP contribution in [-0.2, 0) is 9.59 Å². The highest BCUT2D eigenvalue weighted by atomic mass is 35.5. The Morgan fingerprint density at radius 3 is 2.08 bits per heavy atom. The first-order valence-electron chi connectivity index (χ1n) is 7.35. The van der Waals surface area contributed by atoms with Crippen molar-refractivity contribution in [3.63, 3.8) is 0 Å². The molecule has 1 aliphatic carbocycles. The van der Waals surface area contributed by atoms with Crippen molar-refractivity contribution in [2.45, 2.75) is 12.8 Å². The van der Waals surface area contributed by atoms with E-state index in [1.807, 2.05) is 0 Å². The number of rotatable bonds is 4. The van der Waals surface area contributed by atoms with E-state index in [1.54, 1.807) is 0 Å². The lowest BCUT2D eigenvalue weighted by Crippen LogP contribution is -2.36. The van der Waals surface area contributed by atoms with E-state index in [1.165, 1.54) is 24.3 Å². The molecule has 1 fully saturated rings. The topological polar surface area (TPSA) is 58.2 Å². The van der Waals surface area contributed by atoms with Crippen molar-refractivity contribution < 1.29 is 18.4 Å². The molecule has 0 aromatic heterocycles. The fourth-order valence-corrected chi connectivity index (χ4v) is 2.66. The molecule has 0 saturated heterocycles.